The summed E-state index contributed by atoms with van der Waals surface area (Å²) in [6.07, 6.45) is 8.93. The summed E-state index contributed by atoms with van der Waals surface area (Å²) in [4.78, 5) is 73.4. The summed E-state index contributed by atoms with van der Waals surface area (Å²) in [7, 11) is -5.76. The molecule has 0 aromatic rings. The summed E-state index contributed by atoms with van der Waals surface area (Å²) in [5.41, 5.74) is -1.10. The van der Waals surface area contributed by atoms with Crippen LogP contribution in [-0.4, -0.2) is 146 Å². The van der Waals surface area contributed by atoms with E-state index in [1.807, 2.05) is 6.92 Å². The van der Waals surface area contributed by atoms with Gasteiger partial charge in [-0.25, -0.2) is 24.0 Å². The zero-order valence-electron chi connectivity index (χ0n) is 47.5. The minimum atomic E-state index is -2.32. The van der Waals surface area contributed by atoms with Crippen LogP contribution in [-0.2, 0) is 56.1 Å². The van der Waals surface area contributed by atoms with Crippen LogP contribution < -0.4 is 16.0 Å². The summed E-state index contributed by atoms with van der Waals surface area (Å²) in [5.74, 6) is -1.02. The Balaban J connectivity index is 1.57. The number of amides is 3. The van der Waals surface area contributed by atoms with Gasteiger partial charge in [0, 0.05) is 70.5 Å². The number of ketones is 1. The summed E-state index contributed by atoms with van der Waals surface area (Å²) in [6, 6.07) is 2.93. The molecule has 0 heterocycles. The normalized spacial score (nSPS) is 21.6. The molecular formula is C53H97N3O15Si3. The quantitative estimate of drug-likeness (QED) is 0.0177. The second-order valence-corrected chi connectivity index (χ2v) is 37.6. The largest absolute Gasteiger partial charge is 0.459 e. The van der Waals surface area contributed by atoms with Gasteiger partial charge in [-0.15, -0.1) is 0 Å². The third-order valence-electron chi connectivity index (χ3n) is 13.6. The number of hydrogen-bond acceptors (Lipinski definition) is 15. The van der Waals surface area contributed by atoms with Crippen molar-refractivity contribution in [2.24, 2.45) is 21.7 Å². The van der Waals surface area contributed by atoms with E-state index in [1.165, 1.54) is 6.04 Å². The van der Waals surface area contributed by atoms with Gasteiger partial charge in [-0.05, 0) is 106 Å². The van der Waals surface area contributed by atoms with Crippen LogP contribution in [0.3, 0.4) is 0 Å². The zero-order valence-corrected chi connectivity index (χ0v) is 50.5. The molecule has 2 aliphatic rings. The standard InChI is InChI=1S/C53H97N3O15Si3/c1-15-45(58)65-28-30-68-48(61)55-42-35-50(3,4)39-52(7,37-42)41-54-47(60)67-27-26-64-22-19-33-72(9,10)32-18-17-24-70-74(13,14)71-73(11,12)34-20-23-63-25-21-44(57)53(8)38-43(36-51(5,6)40-53)56-49(62)69-31-29-66-46(59)16-2/h15-16,42-43H,1-2,17-41H2,3-14H3,(H,54,60)(H,55,61)(H,56,62). The molecule has 4 atom stereocenters. The number of carbonyl (C=O) groups excluding carboxylic acids is 6. The van der Waals surface area contributed by atoms with Crippen LogP contribution in [0.4, 0.5) is 14.4 Å². The first kappa shape index (κ1) is 66.5. The van der Waals surface area contributed by atoms with E-state index in [9.17, 15) is 28.8 Å². The minimum Gasteiger partial charge on any atom is -0.459 e. The highest BCUT2D eigenvalue weighted by molar-refractivity contribution is 6.82. The smallest absolute Gasteiger partial charge is 0.407 e. The molecule has 21 heteroatoms. The molecule has 0 radical (unpaired) electrons. The van der Waals surface area contributed by atoms with Gasteiger partial charge in [0.1, 0.15) is 38.8 Å². The van der Waals surface area contributed by atoms with Gasteiger partial charge >= 0.3 is 38.8 Å². The fraction of sp³-hybridized carbons (Fsp3) is 0.811. The first-order chi connectivity index (χ1) is 34.4. The number of Topliss-reactive ketones (excluding diaryl/α,β-unsaturated/α-hetero) is 1. The van der Waals surface area contributed by atoms with Crippen molar-refractivity contribution in [1.29, 1.82) is 0 Å². The van der Waals surface area contributed by atoms with E-state index >= 15 is 0 Å². The van der Waals surface area contributed by atoms with Crippen molar-refractivity contribution >= 4 is 61.0 Å². The number of nitrogens with one attached hydrogen (secondary N) is 3. The van der Waals surface area contributed by atoms with Crippen molar-refractivity contribution < 1.29 is 70.5 Å². The van der Waals surface area contributed by atoms with Crippen molar-refractivity contribution in [1.82, 2.24) is 16.0 Å². The van der Waals surface area contributed by atoms with Crippen LogP contribution in [0.5, 0.6) is 0 Å². The minimum absolute atomic E-state index is 0.0493. The molecule has 2 saturated carbocycles. The highest BCUT2D eigenvalue weighted by atomic mass is 28.4. The molecule has 0 bridgehead atoms. The van der Waals surface area contributed by atoms with Crippen molar-refractivity contribution in [3.05, 3.63) is 25.3 Å². The number of carbonyl (C=O) groups is 6. The zero-order chi connectivity index (χ0) is 55.7. The summed E-state index contributed by atoms with van der Waals surface area (Å²) in [6.45, 7) is 35.7. The number of unbranched alkanes of at least 4 members (excludes halogenated alkanes) is 1. The SMILES string of the molecule is C=CC(=O)OCCOC(=O)NC1CC(C)(C)CC(C)(CNC(=O)OCCOCCC[Si](C)(C)CCCCO[Si](C)(C)O[Si](C)(C)CCCOCCC(=O)C2(C)CC(NC(=O)OCCOC(=O)C=C)CC(C)(C)C2)C1. The molecule has 426 valence electrons. The van der Waals surface area contributed by atoms with E-state index in [0.29, 0.717) is 58.8 Å². The van der Waals surface area contributed by atoms with Gasteiger partial charge in [0.25, 0.3) is 0 Å². The van der Waals surface area contributed by atoms with Gasteiger partial charge in [0.2, 0.25) is 0 Å². The lowest BCUT2D eigenvalue weighted by Gasteiger charge is -2.46. The van der Waals surface area contributed by atoms with Gasteiger partial charge < -0.3 is 57.6 Å². The Morgan fingerprint density at radius 2 is 1.03 bits per heavy atom. The van der Waals surface area contributed by atoms with E-state index in [0.717, 1.165) is 75.6 Å². The molecule has 18 nitrogen and oxygen atoms in total. The molecule has 0 spiro atoms. The predicted octanol–water partition coefficient (Wildman–Crippen LogP) is 9.99. The van der Waals surface area contributed by atoms with E-state index in [1.54, 1.807) is 0 Å². The van der Waals surface area contributed by atoms with E-state index in [-0.39, 0.29) is 67.1 Å². The molecule has 0 aromatic carbocycles. The van der Waals surface area contributed by atoms with Crippen molar-refractivity contribution in [2.75, 3.05) is 72.6 Å². The van der Waals surface area contributed by atoms with Crippen molar-refractivity contribution in [3.63, 3.8) is 0 Å². The maximum atomic E-state index is 13.5. The van der Waals surface area contributed by atoms with Crippen LogP contribution in [0.15, 0.2) is 25.3 Å². The Labute approximate surface area is 446 Å². The Hall–Kier alpha value is -3.61. The molecule has 0 aliphatic heterocycles. The van der Waals surface area contributed by atoms with Gasteiger partial charge in [-0.3, -0.25) is 4.79 Å². The van der Waals surface area contributed by atoms with Crippen LogP contribution in [0.1, 0.15) is 112 Å². The lowest BCUT2D eigenvalue weighted by atomic mass is 9.60. The Kier molecular flexibility index (Phi) is 28.4. The Bertz CT molecular complexity index is 1810. The third-order valence-corrected chi connectivity index (χ3v) is 23.7. The van der Waals surface area contributed by atoms with E-state index in [4.69, 9.17) is 41.7 Å². The number of alkyl carbamates (subject to hydrolysis) is 3. The summed E-state index contributed by atoms with van der Waals surface area (Å²) >= 11 is 0. The number of rotatable bonds is 35. The van der Waals surface area contributed by atoms with Gasteiger partial charge in [-0.2, -0.15) is 0 Å². The molecular weight excluding hydrogens is 1000 g/mol. The maximum absolute atomic E-state index is 13.5. The molecule has 2 rings (SSSR count). The van der Waals surface area contributed by atoms with Crippen molar-refractivity contribution in [2.45, 2.75) is 182 Å². The molecule has 0 saturated heterocycles. The molecule has 3 N–H and O–H groups in total. The topological polar surface area (TPSA) is 222 Å². The van der Waals surface area contributed by atoms with Gasteiger partial charge in [0.05, 0.1) is 13.2 Å². The first-order valence-corrected chi connectivity index (χ1v) is 36.1. The van der Waals surface area contributed by atoms with Crippen LogP contribution in [0, 0.1) is 21.7 Å². The number of hydrogen-bond donors (Lipinski definition) is 3. The van der Waals surface area contributed by atoms with Crippen LogP contribution in [0.25, 0.3) is 0 Å². The molecule has 0 aromatic heterocycles. The van der Waals surface area contributed by atoms with Crippen LogP contribution in [0.2, 0.25) is 57.4 Å². The highest BCUT2D eigenvalue weighted by Gasteiger charge is 2.46. The Morgan fingerprint density at radius 1 is 0.541 bits per heavy atom. The second kappa shape index (κ2) is 31.6. The molecule has 2 fully saturated rings. The number of ether oxygens (including phenoxy) is 7. The molecule has 74 heavy (non-hydrogen) atoms. The maximum Gasteiger partial charge on any atom is 0.407 e. The lowest BCUT2D eigenvalue weighted by molar-refractivity contribution is -0.139. The Morgan fingerprint density at radius 3 is 1.61 bits per heavy atom. The van der Waals surface area contributed by atoms with E-state index < -0.39 is 60.6 Å². The van der Waals surface area contributed by atoms with E-state index in [2.05, 4.69) is 103 Å². The summed E-state index contributed by atoms with van der Waals surface area (Å²) in [5, 5.41) is 8.75. The van der Waals surface area contributed by atoms with Gasteiger partial charge in [0.15, 0.2) is 8.32 Å². The average molecular weight is 1100 g/mol. The summed E-state index contributed by atoms with van der Waals surface area (Å²) < 4.78 is 50.4. The number of esters is 2. The highest BCUT2D eigenvalue weighted by Crippen LogP contribution is 2.48. The fourth-order valence-corrected chi connectivity index (χ4v) is 21.3. The van der Waals surface area contributed by atoms with Crippen molar-refractivity contribution in [3.8, 4) is 0 Å². The molecule has 2 aliphatic carbocycles. The third kappa shape index (κ3) is 29.1. The van der Waals surface area contributed by atoms with Crippen LogP contribution >= 0.6 is 0 Å². The molecule has 3 amide bonds. The first-order valence-electron chi connectivity index (χ1n) is 26.8. The monoisotopic (exact) mass is 1100 g/mol. The lowest BCUT2D eigenvalue weighted by Crippen LogP contribution is -2.50. The molecule has 4 unspecified atom stereocenters. The van der Waals surface area contributed by atoms with Gasteiger partial charge in [-0.1, -0.05) is 86.3 Å². The predicted molar refractivity (Wildman–Crippen MR) is 293 cm³/mol. The fourth-order valence-electron chi connectivity index (χ4n) is 11.1. The average Bonchev–Trinajstić information content (AvgIpc) is 3.27. The second-order valence-electron chi connectivity index (χ2n) is 24.4.